The van der Waals surface area contributed by atoms with Crippen LogP contribution in [0.5, 0.6) is 11.5 Å². The van der Waals surface area contributed by atoms with E-state index in [0.717, 1.165) is 22.3 Å². The van der Waals surface area contributed by atoms with Crippen LogP contribution in [0.15, 0.2) is 108 Å². The maximum Gasteiger partial charge on any atom is 0.323 e. The van der Waals surface area contributed by atoms with Gasteiger partial charge >= 0.3 is 5.97 Å². The lowest BCUT2D eigenvalue weighted by atomic mass is 10.1. The van der Waals surface area contributed by atoms with Gasteiger partial charge in [-0.25, -0.2) is 0 Å². The fraction of sp³-hybridized carbons (Fsp3) is 0.167. The van der Waals surface area contributed by atoms with Gasteiger partial charge in [0.15, 0.2) is 11.5 Å². The minimum atomic E-state index is -4.02. The van der Waals surface area contributed by atoms with Crippen molar-refractivity contribution in [3.8, 4) is 11.5 Å². The van der Waals surface area contributed by atoms with E-state index < -0.39 is 28.4 Å². The van der Waals surface area contributed by atoms with E-state index in [1.165, 1.54) is 12.1 Å². The Hall–Kier alpha value is -4.18. The first-order valence-electron chi connectivity index (χ1n) is 12.2. The first kappa shape index (κ1) is 27.8. The Balaban J connectivity index is 0.000000270. The van der Waals surface area contributed by atoms with E-state index in [4.69, 9.17) is 24.5 Å². The Morgan fingerprint density at radius 1 is 0.872 bits per heavy atom. The Labute approximate surface area is 227 Å². The van der Waals surface area contributed by atoms with E-state index >= 15 is 0 Å². The summed E-state index contributed by atoms with van der Waals surface area (Å²) in [6, 6.07) is 30.1. The van der Waals surface area contributed by atoms with Crippen molar-refractivity contribution < 1.29 is 32.0 Å². The topological polar surface area (TPSA) is 125 Å². The van der Waals surface area contributed by atoms with Crippen LogP contribution in [0.4, 0.5) is 0 Å². The molecule has 1 heterocycles. The van der Waals surface area contributed by atoms with E-state index in [-0.39, 0.29) is 11.5 Å². The van der Waals surface area contributed by atoms with Gasteiger partial charge in [0.2, 0.25) is 0 Å². The first-order chi connectivity index (χ1) is 18.7. The van der Waals surface area contributed by atoms with Crippen LogP contribution >= 0.6 is 0 Å². The van der Waals surface area contributed by atoms with Crippen molar-refractivity contribution in [1.29, 1.82) is 0 Å². The summed E-state index contributed by atoms with van der Waals surface area (Å²) in [6.45, 7) is 2.06. The quantitative estimate of drug-likeness (QED) is 0.244. The molecule has 4 aromatic rings. The Kier molecular flexibility index (Phi) is 8.98. The van der Waals surface area contributed by atoms with Crippen molar-refractivity contribution in [2.45, 2.75) is 37.2 Å². The van der Waals surface area contributed by atoms with Gasteiger partial charge in [-0.1, -0.05) is 84.4 Å². The minimum Gasteiger partial charge on any atom is -0.460 e. The van der Waals surface area contributed by atoms with Crippen molar-refractivity contribution in [3.05, 3.63) is 125 Å². The molecular formula is C30H29NO7S. The standard InChI is InChI=1S/C23H21NO4.C7H8O3S/c24-19(22(25)26-15-16-7-3-1-4-8-16)13-17-11-12-20-21(14-17)28-23(27-20)18-9-5-2-6-10-18;1-6-2-4-7(5-3-6)11(8,9)10/h1-12,14,19,23H,13,15,24H2;2-5H,1H3,(H,8,9,10). The van der Waals surface area contributed by atoms with Crippen LogP contribution in [0, 0.1) is 6.92 Å². The monoisotopic (exact) mass is 547 g/mol. The molecule has 0 aromatic heterocycles. The van der Waals surface area contributed by atoms with Crippen LogP contribution in [-0.2, 0) is 32.7 Å². The van der Waals surface area contributed by atoms with Crippen molar-refractivity contribution in [1.82, 2.24) is 0 Å². The summed E-state index contributed by atoms with van der Waals surface area (Å²) >= 11 is 0. The number of hydrogen-bond acceptors (Lipinski definition) is 7. The molecule has 9 heteroatoms. The van der Waals surface area contributed by atoms with Gasteiger partial charge < -0.3 is 19.9 Å². The van der Waals surface area contributed by atoms with E-state index in [0.29, 0.717) is 17.9 Å². The summed E-state index contributed by atoms with van der Waals surface area (Å²) in [5.41, 5.74) is 9.75. The molecule has 1 aliphatic heterocycles. The smallest absolute Gasteiger partial charge is 0.323 e. The molecule has 0 aliphatic carbocycles. The van der Waals surface area contributed by atoms with E-state index in [1.54, 1.807) is 12.1 Å². The zero-order chi connectivity index (χ0) is 27.8. The van der Waals surface area contributed by atoms with Gasteiger partial charge in [-0.3, -0.25) is 9.35 Å². The number of carbonyl (C=O) groups excluding carboxylic acids is 1. The molecule has 202 valence electrons. The maximum atomic E-state index is 12.2. The van der Waals surface area contributed by atoms with Gasteiger partial charge in [0, 0.05) is 5.56 Å². The van der Waals surface area contributed by atoms with Crippen LogP contribution in [0.1, 0.15) is 28.5 Å². The number of rotatable bonds is 7. The number of fused-ring (bicyclic) bond motifs is 1. The molecule has 2 atom stereocenters. The number of aryl methyl sites for hydroxylation is 1. The fourth-order valence-corrected chi connectivity index (χ4v) is 4.23. The summed E-state index contributed by atoms with van der Waals surface area (Å²) in [6.07, 6.45) is -0.101. The van der Waals surface area contributed by atoms with Gasteiger partial charge in [0.1, 0.15) is 12.6 Å². The molecule has 0 saturated heterocycles. The molecule has 0 saturated carbocycles. The molecule has 3 N–H and O–H groups in total. The van der Waals surface area contributed by atoms with Crippen LogP contribution in [0.3, 0.4) is 0 Å². The molecule has 0 radical (unpaired) electrons. The molecule has 0 bridgehead atoms. The third-order valence-electron chi connectivity index (χ3n) is 5.85. The minimum absolute atomic E-state index is 0.0666. The number of carbonyl (C=O) groups is 1. The molecule has 5 rings (SSSR count). The van der Waals surface area contributed by atoms with Crippen LogP contribution in [-0.4, -0.2) is 25.0 Å². The first-order valence-corrected chi connectivity index (χ1v) is 13.6. The predicted octanol–water partition coefficient (Wildman–Crippen LogP) is 5.01. The molecule has 0 fully saturated rings. The summed E-state index contributed by atoms with van der Waals surface area (Å²) in [7, 11) is -4.02. The van der Waals surface area contributed by atoms with Crippen molar-refractivity contribution in [2.75, 3.05) is 0 Å². The number of hydrogen-bond donors (Lipinski definition) is 2. The second kappa shape index (κ2) is 12.6. The zero-order valence-corrected chi connectivity index (χ0v) is 22.1. The largest absolute Gasteiger partial charge is 0.460 e. The normalized spacial score (nSPS) is 14.6. The van der Waals surface area contributed by atoms with Gasteiger partial charge in [-0.15, -0.1) is 0 Å². The molecule has 39 heavy (non-hydrogen) atoms. The second-order valence-corrected chi connectivity index (χ2v) is 10.4. The highest BCUT2D eigenvalue weighted by atomic mass is 32.2. The van der Waals surface area contributed by atoms with Gasteiger partial charge in [-0.2, -0.15) is 8.42 Å². The Morgan fingerprint density at radius 2 is 1.49 bits per heavy atom. The SMILES string of the molecule is Cc1ccc(S(=O)(=O)O)cc1.NC(Cc1ccc2c(c1)OC(c1ccccc1)O2)C(=O)OCc1ccccc1. The molecule has 8 nitrogen and oxygen atoms in total. The predicted molar refractivity (Wildman–Crippen MR) is 146 cm³/mol. The van der Waals surface area contributed by atoms with Crippen molar-refractivity contribution >= 4 is 16.1 Å². The third-order valence-corrected chi connectivity index (χ3v) is 6.72. The Bertz CT molecular complexity index is 1490. The lowest BCUT2D eigenvalue weighted by Crippen LogP contribution is -2.34. The van der Waals surface area contributed by atoms with Crippen LogP contribution in [0.2, 0.25) is 0 Å². The van der Waals surface area contributed by atoms with E-state index in [9.17, 15) is 13.2 Å². The van der Waals surface area contributed by atoms with Gasteiger partial charge in [-0.05, 0) is 48.7 Å². The van der Waals surface area contributed by atoms with Crippen LogP contribution in [0.25, 0.3) is 0 Å². The number of esters is 1. The highest BCUT2D eigenvalue weighted by Gasteiger charge is 2.26. The lowest BCUT2D eigenvalue weighted by Gasteiger charge is -2.12. The summed E-state index contributed by atoms with van der Waals surface area (Å²) < 4.78 is 46.6. The fourth-order valence-electron chi connectivity index (χ4n) is 3.75. The molecule has 4 aromatic carbocycles. The number of benzene rings is 4. The number of ether oxygens (including phenoxy) is 3. The molecular weight excluding hydrogens is 518 g/mol. The van der Waals surface area contributed by atoms with E-state index in [2.05, 4.69) is 0 Å². The summed E-state index contributed by atoms with van der Waals surface area (Å²) in [5.74, 6) is 0.901. The average Bonchev–Trinajstić information content (AvgIpc) is 3.36. The highest BCUT2D eigenvalue weighted by Crippen LogP contribution is 2.41. The summed E-state index contributed by atoms with van der Waals surface area (Å²) in [5, 5.41) is 0. The van der Waals surface area contributed by atoms with Crippen LogP contribution < -0.4 is 15.2 Å². The molecule has 2 unspecified atom stereocenters. The number of nitrogens with two attached hydrogens (primary N) is 1. The van der Waals surface area contributed by atoms with Gasteiger partial charge in [0.25, 0.3) is 16.4 Å². The highest BCUT2D eigenvalue weighted by molar-refractivity contribution is 7.85. The Morgan fingerprint density at radius 3 is 2.13 bits per heavy atom. The molecule has 0 spiro atoms. The molecule has 0 amide bonds. The van der Waals surface area contributed by atoms with Crippen molar-refractivity contribution in [2.24, 2.45) is 5.73 Å². The average molecular weight is 548 g/mol. The third kappa shape index (κ3) is 7.90. The van der Waals surface area contributed by atoms with Crippen molar-refractivity contribution in [3.63, 3.8) is 0 Å². The second-order valence-electron chi connectivity index (χ2n) is 8.95. The lowest BCUT2D eigenvalue weighted by molar-refractivity contribution is -0.146. The van der Waals surface area contributed by atoms with E-state index in [1.807, 2.05) is 85.8 Å². The zero-order valence-electron chi connectivity index (χ0n) is 21.3. The summed E-state index contributed by atoms with van der Waals surface area (Å²) in [4.78, 5) is 12.1. The van der Waals surface area contributed by atoms with Gasteiger partial charge in [0.05, 0.1) is 4.90 Å². The maximum absolute atomic E-state index is 12.2. The molecule has 1 aliphatic rings.